The number of hydrogen-bond acceptors (Lipinski definition) is 6. The summed E-state index contributed by atoms with van der Waals surface area (Å²) in [6.45, 7) is 8.94. The topological polar surface area (TPSA) is 87.4 Å². The quantitative estimate of drug-likeness (QED) is 0.213. The highest BCUT2D eigenvalue weighted by molar-refractivity contribution is 6.46. The van der Waals surface area contributed by atoms with Crippen LogP contribution in [0.15, 0.2) is 60.8 Å². The van der Waals surface area contributed by atoms with Crippen molar-refractivity contribution < 1.29 is 19.4 Å². The average Bonchev–Trinajstić information content (AvgIpc) is 3.33. The van der Waals surface area contributed by atoms with Gasteiger partial charge in [0.2, 0.25) is 0 Å². The average molecular weight is 489 g/mol. The maximum absolute atomic E-state index is 13.3. The zero-order valence-corrected chi connectivity index (χ0v) is 21.2. The van der Waals surface area contributed by atoms with E-state index in [1.165, 1.54) is 0 Å². The van der Waals surface area contributed by atoms with Gasteiger partial charge in [-0.25, -0.2) is 4.98 Å². The second-order valence-corrected chi connectivity index (χ2v) is 9.25. The molecule has 36 heavy (non-hydrogen) atoms. The molecule has 1 saturated heterocycles. The van der Waals surface area contributed by atoms with E-state index in [0.717, 1.165) is 12.1 Å². The third-order valence-corrected chi connectivity index (χ3v) is 6.42. The number of aliphatic hydroxyl groups excluding tert-OH is 1. The minimum absolute atomic E-state index is 0.0498. The number of carbonyl (C=O) groups is 2. The third-order valence-electron chi connectivity index (χ3n) is 6.42. The van der Waals surface area contributed by atoms with Crippen LogP contribution in [0.5, 0.6) is 5.75 Å². The molecule has 0 radical (unpaired) electrons. The van der Waals surface area contributed by atoms with Crippen LogP contribution in [0.2, 0.25) is 0 Å². The zero-order chi connectivity index (χ0) is 26.0. The number of fused-ring (bicyclic) bond motifs is 1. The van der Waals surface area contributed by atoms with Crippen LogP contribution in [-0.4, -0.2) is 69.8 Å². The van der Waals surface area contributed by atoms with Gasteiger partial charge in [0.1, 0.15) is 23.7 Å². The van der Waals surface area contributed by atoms with Crippen LogP contribution in [0.1, 0.15) is 35.0 Å². The van der Waals surface area contributed by atoms with E-state index >= 15 is 0 Å². The lowest BCUT2D eigenvalue weighted by molar-refractivity contribution is -0.139. The molecule has 8 nitrogen and oxygen atoms in total. The van der Waals surface area contributed by atoms with Gasteiger partial charge in [0.15, 0.2) is 5.76 Å². The lowest BCUT2D eigenvalue weighted by Gasteiger charge is -2.26. The molecule has 1 aliphatic rings. The van der Waals surface area contributed by atoms with E-state index in [1.54, 1.807) is 23.1 Å². The Morgan fingerprint density at radius 3 is 2.56 bits per heavy atom. The molecule has 1 unspecified atom stereocenters. The van der Waals surface area contributed by atoms with Gasteiger partial charge in [-0.3, -0.25) is 9.59 Å². The number of aliphatic hydroxyl groups is 1. The maximum atomic E-state index is 13.3. The summed E-state index contributed by atoms with van der Waals surface area (Å²) in [6, 6.07) is 10.3. The van der Waals surface area contributed by atoms with E-state index in [2.05, 4.69) is 11.6 Å². The largest absolute Gasteiger partial charge is 0.505 e. The number of pyridine rings is 1. The van der Waals surface area contributed by atoms with Crippen LogP contribution in [-0.2, 0) is 9.59 Å². The lowest BCUT2D eigenvalue weighted by Crippen LogP contribution is -2.32. The van der Waals surface area contributed by atoms with E-state index < -0.39 is 17.7 Å². The molecule has 0 aliphatic carbocycles. The number of amides is 1. The van der Waals surface area contributed by atoms with E-state index in [4.69, 9.17) is 4.74 Å². The highest BCUT2D eigenvalue weighted by Gasteiger charge is 2.46. The molecule has 4 rings (SSSR count). The van der Waals surface area contributed by atoms with E-state index in [9.17, 15) is 14.7 Å². The summed E-state index contributed by atoms with van der Waals surface area (Å²) in [5.74, 6) is -0.941. The number of ether oxygens (including phenoxy) is 1. The first-order valence-electron chi connectivity index (χ1n) is 12.0. The summed E-state index contributed by atoms with van der Waals surface area (Å²) < 4.78 is 7.47. The SMILES string of the molecule is C=CCOc1ccc(C2C(=C(O)c3nc4c(C)cccn4c3C)C(=O)C(=O)N2CCCN(C)C)cc1. The number of rotatable bonds is 9. The van der Waals surface area contributed by atoms with Gasteiger partial charge in [-0.05, 0) is 70.2 Å². The molecule has 1 aromatic carbocycles. The van der Waals surface area contributed by atoms with Crippen LogP contribution in [0.4, 0.5) is 0 Å². The standard InChI is InChI=1S/C28H32N4O4/c1-6-17-36-21-12-10-20(11-13-21)24-22(26(34)28(35)32(24)16-8-14-30(4)5)25(33)23-19(3)31-15-7-9-18(2)27(31)29-23/h6-7,9-13,15,24,33H,1,8,14,16-17H2,2-5H3. The molecule has 0 spiro atoms. The zero-order valence-electron chi connectivity index (χ0n) is 21.2. The van der Waals surface area contributed by atoms with Crippen molar-refractivity contribution in [3.8, 4) is 5.75 Å². The number of likely N-dealkylation sites (tertiary alicyclic amines) is 1. The Hall–Kier alpha value is -3.91. The van der Waals surface area contributed by atoms with Crippen molar-refractivity contribution in [1.29, 1.82) is 0 Å². The Bertz CT molecular complexity index is 1340. The van der Waals surface area contributed by atoms with Crippen molar-refractivity contribution in [3.05, 3.63) is 83.3 Å². The molecule has 0 bridgehead atoms. The summed E-state index contributed by atoms with van der Waals surface area (Å²) >= 11 is 0. The lowest BCUT2D eigenvalue weighted by atomic mass is 9.96. The van der Waals surface area contributed by atoms with Crippen LogP contribution in [0.3, 0.4) is 0 Å². The molecule has 8 heteroatoms. The highest BCUT2D eigenvalue weighted by Crippen LogP contribution is 2.40. The second-order valence-electron chi connectivity index (χ2n) is 9.25. The number of carbonyl (C=O) groups excluding carboxylic acids is 2. The fraction of sp³-hybridized carbons (Fsp3) is 0.321. The Morgan fingerprint density at radius 2 is 1.92 bits per heavy atom. The minimum Gasteiger partial charge on any atom is -0.505 e. The van der Waals surface area contributed by atoms with E-state index in [1.807, 2.05) is 67.7 Å². The number of aryl methyl sites for hydroxylation is 2. The molecule has 188 valence electrons. The second kappa shape index (κ2) is 10.4. The Morgan fingerprint density at radius 1 is 1.19 bits per heavy atom. The van der Waals surface area contributed by atoms with Crippen molar-refractivity contribution in [2.45, 2.75) is 26.3 Å². The van der Waals surface area contributed by atoms with Gasteiger partial charge in [-0.2, -0.15) is 0 Å². The van der Waals surface area contributed by atoms with Crippen LogP contribution in [0.25, 0.3) is 11.4 Å². The smallest absolute Gasteiger partial charge is 0.295 e. The molecule has 0 saturated carbocycles. The molecule has 3 heterocycles. The first kappa shape index (κ1) is 25.2. The summed E-state index contributed by atoms with van der Waals surface area (Å²) in [4.78, 5) is 34.7. The fourth-order valence-corrected chi connectivity index (χ4v) is 4.59. The summed E-state index contributed by atoms with van der Waals surface area (Å²) in [6.07, 6.45) is 4.21. The molecule has 1 amide bonds. The normalized spacial score (nSPS) is 17.4. The number of benzene rings is 1. The van der Waals surface area contributed by atoms with E-state index in [-0.39, 0.29) is 11.3 Å². The monoisotopic (exact) mass is 488 g/mol. The van der Waals surface area contributed by atoms with Crippen molar-refractivity contribution in [3.63, 3.8) is 0 Å². The van der Waals surface area contributed by atoms with Crippen molar-refractivity contribution >= 4 is 23.1 Å². The van der Waals surface area contributed by atoms with Gasteiger partial charge in [-0.1, -0.05) is 30.9 Å². The molecule has 1 N–H and O–H groups in total. The molecule has 1 aliphatic heterocycles. The number of hydrogen-bond donors (Lipinski definition) is 1. The summed E-state index contributed by atoms with van der Waals surface area (Å²) in [5.41, 5.74) is 3.38. The van der Waals surface area contributed by atoms with Crippen molar-refractivity contribution in [2.75, 3.05) is 33.8 Å². The Balaban J connectivity index is 1.83. The van der Waals surface area contributed by atoms with Gasteiger partial charge in [0, 0.05) is 12.7 Å². The molecule has 1 atom stereocenters. The molecule has 2 aromatic heterocycles. The number of ketones is 1. The molecular formula is C28H32N4O4. The van der Waals surface area contributed by atoms with Gasteiger partial charge >= 0.3 is 0 Å². The van der Waals surface area contributed by atoms with Crippen LogP contribution < -0.4 is 4.74 Å². The number of Topliss-reactive ketones (excluding diaryl/α,β-unsaturated/α-hetero) is 1. The van der Waals surface area contributed by atoms with Gasteiger partial charge < -0.3 is 24.0 Å². The Kier molecular flexibility index (Phi) is 7.26. The molecule has 3 aromatic rings. The number of aromatic nitrogens is 2. The van der Waals surface area contributed by atoms with E-state index in [0.29, 0.717) is 47.9 Å². The minimum atomic E-state index is -0.731. The van der Waals surface area contributed by atoms with Crippen molar-refractivity contribution in [1.82, 2.24) is 19.2 Å². The number of nitrogens with zero attached hydrogens (tertiary/aromatic N) is 4. The first-order valence-corrected chi connectivity index (χ1v) is 12.0. The van der Waals surface area contributed by atoms with Gasteiger partial charge in [-0.15, -0.1) is 0 Å². The molecular weight excluding hydrogens is 456 g/mol. The predicted molar refractivity (Wildman–Crippen MR) is 139 cm³/mol. The highest BCUT2D eigenvalue weighted by atomic mass is 16.5. The predicted octanol–water partition coefficient (Wildman–Crippen LogP) is 3.89. The fourth-order valence-electron chi connectivity index (χ4n) is 4.59. The summed E-state index contributed by atoms with van der Waals surface area (Å²) in [5, 5.41) is 11.5. The van der Waals surface area contributed by atoms with Crippen molar-refractivity contribution in [2.24, 2.45) is 0 Å². The van der Waals surface area contributed by atoms with Gasteiger partial charge in [0.05, 0.1) is 17.3 Å². The van der Waals surface area contributed by atoms with Crippen LogP contribution in [0, 0.1) is 13.8 Å². The summed E-state index contributed by atoms with van der Waals surface area (Å²) in [7, 11) is 3.92. The maximum Gasteiger partial charge on any atom is 0.295 e. The molecule has 1 fully saturated rings. The first-order chi connectivity index (χ1) is 17.2. The van der Waals surface area contributed by atoms with Crippen LogP contribution >= 0.6 is 0 Å². The Labute approximate surface area is 211 Å². The van der Waals surface area contributed by atoms with Gasteiger partial charge in [0.25, 0.3) is 11.7 Å². The third kappa shape index (κ3) is 4.64. The number of imidazole rings is 1.